The average Bonchev–Trinajstić information content (AvgIpc) is 3.44. The molecule has 3 aromatic carbocycles. The third kappa shape index (κ3) is 5.06. The maximum atomic E-state index is 14.1. The van der Waals surface area contributed by atoms with Gasteiger partial charge in [0.15, 0.2) is 23.0 Å². The molecule has 1 aromatic heterocycles. The second-order valence-electron chi connectivity index (χ2n) is 8.87. The number of benzene rings is 3. The van der Waals surface area contributed by atoms with Crippen LogP contribution in [0, 0.1) is 0 Å². The van der Waals surface area contributed by atoms with E-state index in [0.717, 1.165) is 4.31 Å². The Morgan fingerprint density at radius 3 is 2.40 bits per heavy atom. The molecular weight excluding hydrogens is 540 g/mol. The van der Waals surface area contributed by atoms with Gasteiger partial charge in [-0.2, -0.15) is 4.31 Å². The van der Waals surface area contributed by atoms with E-state index >= 15 is 0 Å². The molecule has 40 heavy (non-hydrogen) atoms. The van der Waals surface area contributed by atoms with E-state index in [1.54, 1.807) is 42.5 Å². The van der Waals surface area contributed by atoms with E-state index in [2.05, 4.69) is 4.98 Å². The zero-order valence-corrected chi connectivity index (χ0v) is 22.7. The Kier molecular flexibility index (Phi) is 7.37. The van der Waals surface area contributed by atoms with Crippen LogP contribution in [-0.4, -0.2) is 51.8 Å². The number of sulfonamides is 1. The molecule has 12 heteroatoms. The van der Waals surface area contributed by atoms with Crippen LogP contribution >= 0.6 is 0 Å². The van der Waals surface area contributed by atoms with Gasteiger partial charge in [-0.3, -0.25) is 4.79 Å². The van der Waals surface area contributed by atoms with Crippen molar-refractivity contribution < 1.29 is 36.9 Å². The monoisotopic (exact) mass is 566 g/mol. The first kappa shape index (κ1) is 27.0. The first-order chi connectivity index (χ1) is 19.2. The van der Waals surface area contributed by atoms with Crippen LogP contribution < -0.4 is 24.5 Å². The minimum Gasteiger partial charge on any atom is -0.493 e. The van der Waals surface area contributed by atoms with E-state index < -0.39 is 21.6 Å². The first-order valence-corrected chi connectivity index (χ1v) is 13.5. The fourth-order valence-corrected chi connectivity index (χ4v) is 6.05. The van der Waals surface area contributed by atoms with Gasteiger partial charge in [0.25, 0.3) is 5.56 Å². The number of methoxy groups -OCH3 is 3. The number of nitrogens with zero attached hydrogens (tertiary/aromatic N) is 1. The summed E-state index contributed by atoms with van der Waals surface area (Å²) in [4.78, 5) is 28.2. The van der Waals surface area contributed by atoms with E-state index in [4.69, 9.17) is 23.7 Å². The van der Waals surface area contributed by atoms with Crippen LogP contribution in [-0.2, 0) is 27.8 Å². The molecule has 1 aliphatic rings. The van der Waals surface area contributed by atoms with Crippen molar-refractivity contribution in [2.24, 2.45) is 0 Å². The Morgan fingerprint density at radius 2 is 1.65 bits per heavy atom. The lowest BCUT2D eigenvalue weighted by atomic mass is 10.1. The second kappa shape index (κ2) is 10.9. The number of ether oxygens (including phenoxy) is 5. The number of pyridine rings is 1. The third-order valence-corrected chi connectivity index (χ3v) is 8.33. The van der Waals surface area contributed by atoms with Crippen molar-refractivity contribution in [2.45, 2.75) is 18.0 Å². The zero-order chi connectivity index (χ0) is 28.4. The van der Waals surface area contributed by atoms with E-state index in [1.807, 2.05) is 0 Å². The van der Waals surface area contributed by atoms with Crippen LogP contribution in [0.25, 0.3) is 10.9 Å². The number of nitrogens with one attached hydrogen (secondary N) is 1. The fourth-order valence-electron chi connectivity index (χ4n) is 4.46. The van der Waals surface area contributed by atoms with Crippen LogP contribution in [0.2, 0.25) is 0 Å². The summed E-state index contributed by atoms with van der Waals surface area (Å²) in [6.07, 6.45) is 0. The SMILES string of the molecule is COC(=O)c1ccccc1S(=O)(=O)N(Cc1ccc2c(c1)OCO2)Cc1cc2cc(OC)c(OC)cc2[nH]c1=O. The maximum Gasteiger partial charge on any atom is 0.339 e. The highest BCUT2D eigenvalue weighted by Gasteiger charge is 2.31. The summed E-state index contributed by atoms with van der Waals surface area (Å²) in [6, 6.07) is 15.8. The molecule has 0 aliphatic carbocycles. The summed E-state index contributed by atoms with van der Waals surface area (Å²) in [6.45, 7) is -0.363. The summed E-state index contributed by atoms with van der Waals surface area (Å²) < 4.78 is 55.6. The van der Waals surface area contributed by atoms with Crippen molar-refractivity contribution >= 4 is 26.9 Å². The highest BCUT2D eigenvalue weighted by molar-refractivity contribution is 7.89. The Labute approximate surface area is 229 Å². The number of fused-ring (bicyclic) bond motifs is 2. The van der Waals surface area contributed by atoms with Gasteiger partial charge in [-0.05, 0) is 42.0 Å². The smallest absolute Gasteiger partial charge is 0.339 e. The minimum atomic E-state index is -4.33. The van der Waals surface area contributed by atoms with Gasteiger partial charge in [0, 0.05) is 30.1 Å². The number of esters is 1. The van der Waals surface area contributed by atoms with E-state index in [1.165, 1.54) is 39.5 Å². The number of carbonyl (C=O) groups excluding carboxylic acids is 1. The molecule has 1 aliphatic heterocycles. The van der Waals surface area contributed by atoms with Gasteiger partial charge in [0.05, 0.1) is 37.3 Å². The lowest BCUT2D eigenvalue weighted by Crippen LogP contribution is -2.33. The lowest BCUT2D eigenvalue weighted by Gasteiger charge is -2.23. The standard InChI is InChI=1S/C28H26N2O9S/c1-35-23-12-18-11-19(27(31)29-21(18)13-24(23)36-2)15-30(14-17-8-9-22-25(10-17)39-16-38-22)40(33,34)26-7-5-4-6-20(26)28(32)37-3/h4-13H,14-16H2,1-3H3,(H,29,31). The predicted octanol–water partition coefficient (Wildman–Crippen LogP) is 3.45. The maximum absolute atomic E-state index is 14.1. The summed E-state index contributed by atoms with van der Waals surface area (Å²) in [7, 11) is -0.171. The molecule has 0 bridgehead atoms. The van der Waals surface area contributed by atoms with E-state index in [9.17, 15) is 18.0 Å². The number of H-pyrrole nitrogens is 1. The number of aromatic nitrogens is 1. The van der Waals surface area contributed by atoms with E-state index in [0.29, 0.717) is 39.5 Å². The van der Waals surface area contributed by atoms with Gasteiger partial charge in [0.1, 0.15) is 0 Å². The van der Waals surface area contributed by atoms with Crippen LogP contribution in [0.4, 0.5) is 0 Å². The molecule has 1 N–H and O–H groups in total. The number of carbonyl (C=O) groups is 1. The molecule has 4 aromatic rings. The largest absolute Gasteiger partial charge is 0.493 e. The van der Waals surface area contributed by atoms with Gasteiger partial charge < -0.3 is 28.7 Å². The van der Waals surface area contributed by atoms with Gasteiger partial charge in [-0.15, -0.1) is 0 Å². The molecule has 0 spiro atoms. The average molecular weight is 567 g/mol. The Balaban J connectivity index is 1.61. The lowest BCUT2D eigenvalue weighted by molar-refractivity contribution is 0.0596. The number of hydrogen-bond donors (Lipinski definition) is 1. The van der Waals surface area contributed by atoms with Crippen molar-refractivity contribution in [3.63, 3.8) is 0 Å². The molecule has 208 valence electrons. The molecule has 0 atom stereocenters. The van der Waals surface area contributed by atoms with E-state index in [-0.39, 0.29) is 35.9 Å². The summed E-state index contributed by atoms with van der Waals surface area (Å²) >= 11 is 0. The molecule has 0 amide bonds. The van der Waals surface area contributed by atoms with Gasteiger partial charge in [-0.1, -0.05) is 18.2 Å². The van der Waals surface area contributed by atoms with Crippen LogP contribution in [0.5, 0.6) is 23.0 Å². The predicted molar refractivity (Wildman–Crippen MR) is 144 cm³/mol. The van der Waals surface area contributed by atoms with Crippen LogP contribution in [0.15, 0.2) is 70.4 Å². The van der Waals surface area contributed by atoms with Crippen molar-refractivity contribution in [2.75, 3.05) is 28.1 Å². The Hall–Kier alpha value is -4.55. The quantitative estimate of drug-likeness (QED) is 0.302. The molecule has 11 nitrogen and oxygen atoms in total. The third-order valence-electron chi connectivity index (χ3n) is 6.48. The van der Waals surface area contributed by atoms with Crippen molar-refractivity contribution in [3.05, 3.63) is 87.7 Å². The summed E-state index contributed by atoms with van der Waals surface area (Å²) in [5.74, 6) is 1.11. The van der Waals surface area contributed by atoms with Crippen molar-refractivity contribution in [1.29, 1.82) is 0 Å². The Morgan fingerprint density at radius 1 is 0.925 bits per heavy atom. The summed E-state index contributed by atoms with van der Waals surface area (Å²) in [5.41, 5.74) is 0.663. The number of hydrogen-bond acceptors (Lipinski definition) is 9. The first-order valence-electron chi connectivity index (χ1n) is 12.1. The fraction of sp³-hybridized carbons (Fsp3) is 0.214. The molecule has 2 heterocycles. The van der Waals surface area contributed by atoms with Crippen LogP contribution in [0.1, 0.15) is 21.5 Å². The van der Waals surface area contributed by atoms with Gasteiger partial charge in [0.2, 0.25) is 16.8 Å². The highest BCUT2D eigenvalue weighted by atomic mass is 32.2. The number of aromatic amines is 1. The topological polar surface area (TPSA) is 133 Å². The van der Waals surface area contributed by atoms with Crippen LogP contribution in [0.3, 0.4) is 0 Å². The summed E-state index contributed by atoms with van der Waals surface area (Å²) in [5, 5.41) is 0.614. The normalized spacial score (nSPS) is 12.5. The molecule has 0 saturated heterocycles. The zero-order valence-electron chi connectivity index (χ0n) is 21.9. The van der Waals surface area contributed by atoms with Crippen molar-refractivity contribution in [3.8, 4) is 23.0 Å². The second-order valence-corrected chi connectivity index (χ2v) is 10.8. The van der Waals surface area contributed by atoms with Gasteiger partial charge >= 0.3 is 5.97 Å². The van der Waals surface area contributed by atoms with Gasteiger partial charge in [-0.25, -0.2) is 13.2 Å². The Bertz CT molecular complexity index is 1770. The molecular formula is C28H26N2O9S. The molecule has 5 rings (SSSR count). The minimum absolute atomic E-state index is 0.0635. The number of rotatable bonds is 9. The van der Waals surface area contributed by atoms with Crippen molar-refractivity contribution in [1.82, 2.24) is 9.29 Å². The molecule has 0 fully saturated rings. The highest BCUT2D eigenvalue weighted by Crippen LogP contribution is 2.34. The molecule has 0 radical (unpaired) electrons. The molecule has 0 unspecified atom stereocenters. The molecule has 0 saturated carbocycles.